The smallest absolute Gasteiger partial charge is 0.411 e. The van der Waals surface area contributed by atoms with Gasteiger partial charge >= 0.3 is 12.1 Å². The number of esters is 1. The monoisotopic (exact) mass is 405 g/mol. The van der Waals surface area contributed by atoms with Gasteiger partial charge in [0.15, 0.2) is 0 Å². The maximum atomic E-state index is 12.7. The van der Waals surface area contributed by atoms with Crippen LogP contribution in [0.25, 0.3) is 0 Å². The van der Waals surface area contributed by atoms with Crippen LogP contribution in [0.4, 0.5) is 4.79 Å². The number of halogens is 1. The number of carbonyl (C=O) groups is 2. The predicted octanol–water partition coefficient (Wildman–Crippen LogP) is 4.87. The molecule has 6 heteroatoms. The Labute approximate surface area is 154 Å². The summed E-state index contributed by atoms with van der Waals surface area (Å²) in [4.78, 5) is 26.4. The minimum absolute atomic E-state index is 0.0402. The molecule has 1 rings (SSSR count). The van der Waals surface area contributed by atoms with Crippen LogP contribution in [-0.2, 0) is 14.3 Å². The molecule has 0 radical (unpaired) electrons. The van der Waals surface area contributed by atoms with Crippen LogP contribution in [0.3, 0.4) is 0 Å². The molecule has 0 N–H and O–H groups in total. The van der Waals surface area contributed by atoms with Gasteiger partial charge in [-0.2, -0.15) is 0 Å². The van der Waals surface area contributed by atoms with Gasteiger partial charge in [-0.25, -0.2) is 4.79 Å². The fraction of sp³-hybridized carbons (Fsp3) is 0.889. The van der Waals surface area contributed by atoms with E-state index in [4.69, 9.17) is 9.47 Å². The second-order valence-electron chi connectivity index (χ2n) is 7.37. The van der Waals surface area contributed by atoms with Gasteiger partial charge in [-0.15, -0.1) is 0 Å². The van der Waals surface area contributed by atoms with Crippen molar-refractivity contribution in [1.82, 2.24) is 4.90 Å². The van der Waals surface area contributed by atoms with E-state index in [1.807, 2.05) is 32.6 Å². The van der Waals surface area contributed by atoms with Crippen molar-refractivity contribution in [2.75, 3.05) is 6.61 Å². The number of ether oxygens (including phenoxy) is 2. The van der Waals surface area contributed by atoms with Gasteiger partial charge in [0.25, 0.3) is 0 Å². The molecule has 0 aliphatic heterocycles. The summed E-state index contributed by atoms with van der Waals surface area (Å²) in [6, 6.07) is 0.0986. The van der Waals surface area contributed by atoms with Gasteiger partial charge in [0.1, 0.15) is 5.60 Å². The lowest BCUT2D eigenvalue weighted by Gasteiger charge is -2.39. The Kier molecular flexibility index (Phi) is 8.54. The first-order valence-corrected chi connectivity index (χ1v) is 9.93. The molecule has 1 fully saturated rings. The van der Waals surface area contributed by atoms with Crippen molar-refractivity contribution in [3.05, 3.63) is 0 Å². The molecule has 1 atom stereocenters. The number of amides is 1. The van der Waals surface area contributed by atoms with Gasteiger partial charge in [-0.3, -0.25) is 9.69 Å². The van der Waals surface area contributed by atoms with E-state index in [0.29, 0.717) is 6.61 Å². The van der Waals surface area contributed by atoms with E-state index in [-0.39, 0.29) is 29.0 Å². The van der Waals surface area contributed by atoms with Crippen molar-refractivity contribution in [1.29, 1.82) is 0 Å². The quantitative estimate of drug-likeness (QED) is 0.359. The third kappa shape index (κ3) is 6.61. The molecule has 5 nitrogen and oxygen atoms in total. The second-order valence-corrected chi connectivity index (χ2v) is 8.43. The zero-order valence-electron chi connectivity index (χ0n) is 15.6. The fourth-order valence-electron chi connectivity index (χ4n) is 3.03. The van der Waals surface area contributed by atoms with Crippen LogP contribution in [0, 0.1) is 5.92 Å². The van der Waals surface area contributed by atoms with E-state index in [1.165, 1.54) is 0 Å². The van der Waals surface area contributed by atoms with E-state index in [0.717, 1.165) is 38.5 Å². The summed E-state index contributed by atoms with van der Waals surface area (Å²) in [5.74, 6) is -0.148. The van der Waals surface area contributed by atoms with Crippen molar-refractivity contribution in [2.24, 2.45) is 5.92 Å². The molecule has 1 unspecified atom stereocenters. The van der Waals surface area contributed by atoms with Crippen molar-refractivity contribution in [2.45, 2.75) is 89.7 Å². The van der Waals surface area contributed by atoms with Crippen molar-refractivity contribution in [3.63, 3.8) is 0 Å². The van der Waals surface area contributed by atoms with Crippen LogP contribution in [0.1, 0.15) is 73.1 Å². The first-order valence-electron chi connectivity index (χ1n) is 9.01. The van der Waals surface area contributed by atoms with E-state index in [9.17, 15) is 9.59 Å². The summed E-state index contributed by atoms with van der Waals surface area (Å²) in [5.41, 5.74) is -0.517. The highest BCUT2D eigenvalue weighted by Gasteiger charge is 2.36. The van der Waals surface area contributed by atoms with Crippen molar-refractivity contribution < 1.29 is 19.1 Å². The van der Waals surface area contributed by atoms with Crippen LogP contribution in [0.5, 0.6) is 0 Å². The van der Waals surface area contributed by atoms with Crippen LogP contribution in [0.15, 0.2) is 0 Å². The number of carbonyl (C=O) groups excluding carboxylic acids is 2. The maximum absolute atomic E-state index is 12.7. The lowest BCUT2D eigenvalue weighted by molar-refractivity contribution is -0.149. The maximum Gasteiger partial charge on any atom is 0.411 e. The van der Waals surface area contributed by atoms with Crippen molar-refractivity contribution >= 4 is 28.0 Å². The number of hydrogen-bond donors (Lipinski definition) is 0. The highest BCUT2D eigenvalue weighted by molar-refractivity contribution is 9.09. The van der Waals surface area contributed by atoms with Crippen LogP contribution in [0.2, 0.25) is 0 Å². The SMILES string of the molecule is CCCC(Br)N(C(=O)OC(C)(C)C)C1CCC(C(=O)OCC)CC1. The Morgan fingerprint density at radius 1 is 1.17 bits per heavy atom. The summed E-state index contributed by atoms with van der Waals surface area (Å²) in [6.45, 7) is 9.98. The Balaban J connectivity index is 2.75. The number of rotatable bonds is 6. The summed E-state index contributed by atoms with van der Waals surface area (Å²) in [5, 5.41) is 0. The fourth-order valence-corrected chi connectivity index (χ4v) is 3.99. The largest absolute Gasteiger partial charge is 0.466 e. The Morgan fingerprint density at radius 3 is 2.21 bits per heavy atom. The Morgan fingerprint density at radius 2 is 1.75 bits per heavy atom. The van der Waals surface area contributed by atoms with Gasteiger partial charge in [-0.05, 0) is 59.8 Å². The molecule has 0 bridgehead atoms. The molecule has 1 aliphatic rings. The Bertz CT molecular complexity index is 414. The van der Waals surface area contributed by atoms with E-state index >= 15 is 0 Å². The molecule has 0 aromatic heterocycles. The molecular weight excluding hydrogens is 374 g/mol. The van der Waals surface area contributed by atoms with Gasteiger partial charge in [0.05, 0.1) is 17.5 Å². The molecule has 140 valence electrons. The topological polar surface area (TPSA) is 55.8 Å². The molecule has 0 aromatic carbocycles. The zero-order valence-corrected chi connectivity index (χ0v) is 17.2. The number of alkyl halides is 1. The normalized spacial score (nSPS) is 22.6. The predicted molar refractivity (Wildman–Crippen MR) is 98.1 cm³/mol. The molecular formula is C18H32BrNO4. The minimum Gasteiger partial charge on any atom is -0.466 e. The van der Waals surface area contributed by atoms with Crippen LogP contribution < -0.4 is 0 Å². The van der Waals surface area contributed by atoms with Crippen LogP contribution >= 0.6 is 15.9 Å². The van der Waals surface area contributed by atoms with Gasteiger partial charge in [0.2, 0.25) is 0 Å². The average molecular weight is 406 g/mol. The molecule has 0 saturated heterocycles. The highest BCUT2D eigenvalue weighted by atomic mass is 79.9. The standard InChI is InChI=1S/C18H32BrNO4/c1-6-8-15(19)20(17(22)24-18(3,4)5)14-11-9-13(10-12-14)16(21)23-7-2/h13-15H,6-12H2,1-5H3. The molecule has 0 spiro atoms. The summed E-state index contributed by atoms with van der Waals surface area (Å²) < 4.78 is 10.7. The van der Waals surface area contributed by atoms with Gasteiger partial charge in [-0.1, -0.05) is 29.3 Å². The molecule has 0 heterocycles. The molecule has 1 amide bonds. The molecule has 0 aromatic rings. The average Bonchev–Trinajstić information content (AvgIpc) is 2.46. The van der Waals surface area contributed by atoms with E-state index in [2.05, 4.69) is 22.9 Å². The first-order chi connectivity index (χ1) is 11.2. The number of nitrogens with zero attached hydrogens (tertiary/aromatic N) is 1. The molecule has 1 saturated carbocycles. The minimum atomic E-state index is -0.517. The van der Waals surface area contributed by atoms with E-state index < -0.39 is 5.60 Å². The summed E-state index contributed by atoms with van der Waals surface area (Å²) in [6.07, 6.45) is 4.69. The summed E-state index contributed by atoms with van der Waals surface area (Å²) in [7, 11) is 0. The third-order valence-corrected chi connectivity index (χ3v) is 5.04. The molecule has 1 aliphatic carbocycles. The highest BCUT2D eigenvalue weighted by Crippen LogP contribution is 2.32. The molecule has 24 heavy (non-hydrogen) atoms. The lowest BCUT2D eigenvalue weighted by atomic mass is 9.85. The lowest BCUT2D eigenvalue weighted by Crippen LogP contribution is -2.48. The first kappa shape index (κ1) is 21.3. The van der Waals surface area contributed by atoms with Gasteiger partial charge < -0.3 is 9.47 Å². The summed E-state index contributed by atoms with van der Waals surface area (Å²) >= 11 is 3.65. The third-order valence-electron chi connectivity index (χ3n) is 4.14. The van der Waals surface area contributed by atoms with Crippen molar-refractivity contribution in [3.8, 4) is 0 Å². The number of hydrogen-bond acceptors (Lipinski definition) is 4. The Hall–Kier alpha value is -0.780. The van der Waals surface area contributed by atoms with E-state index in [1.54, 1.807) is 0 Å². The van der Waals surface area contributed by atoms with Gasteiger partial charge in [0, 0.05) is 6.04 Å². The zero-order chi connectivity index (χ0) is 18.3. The second kappa shape index (κ2) is 9.64. The van der Waals surface area contributed by atoms with Crippen LogP contribution in [-0.4, -0.2) is 40.2 Å².